The minimum Gasteiger partial charge on any atom is -0.497 e. The van der Waals surface area contributed by atoms with Crippen LogP contribution in [0.2, 0.25) is 0 Å². The normalized spacial score (nSPS) is 16.0. The smallest absolute Gasteiger partial charge is 0.199 e. The Morgan fingerprint density at radius 1 is 1.04 bits per heavy atom. The second-order valence-electron chi connectivity index (χ2n) is 6.13. The summed E-state index contributed by atoms with van der Waals surface area (Å²) in [6.45, 7) is 5.77. The molecule has 4 nitrogen and oxygen atoms in total. The van der Waals surface area contributed by atoms with Crippen molar-refractivity contribution < 1.29 is 19.0 Å². The van der Waals surface area contributed by atoms with Gasteiger partial charge in [0.05, 0.1) is 13.7 Å². The molecule has 1 fully saturated rings. The average Bonchev–Trinajstić information content (AvgIpc) is 2.70. The van der Waals surface area contributed by atoms with Crippen LogP contribution in [0.5, 0.6) is 11.5 Å². The highest BCUT2D eigenvalue weighted by Crippen LogP contribution is 2.26. The number of hydrogen-bond acceptors (Lipinski definition) is 4. The van der Waals surface area contributed by atoms with E-state index in [1.165, 1.54) is 6.42 Å². The van der Waals surface area contributed by atoms with E-state index in [0.29, 0.717) is 5.57 Å². The van der Waals surface area contributed by atoms with E-state index in [4.69, 9.17) is 14.2 Å². The van der Waals surface area contributed by atoms with Crippen molar-refractivity contribution >= 4 is 6.29 Å². The molecular formula is C22H26O4. The van der Waals surface area contributed by atoms with Crippen LogP contribution in [0.15, 0.2) is 60.7 Å². The third-order valence-corrected chi connectivity index (χ3v) is 3.88. The summed E-state index contributed by atoms with van der Waals surface area (Å²) in [5.74, 6) is 1.73. The van der Waals surface area contributed by atoms with E-state index in [0.717, 1.165) is 48.4 Å². The highest BCUT2D eigenvalue weighted by atomic mass is 16.7. The van der Waals surface area contributed by atoms with Crippen LogP contribution in [0.4, 0.5) is 0 Å². The van der Waals surface area contributed by atoms with E-state index >= 15 is 0 Å². The molecule has 0 radical (unpaired) electrons. The second kappa shape index (κ2) is 10.4. The molecule has 1 heterocycles. The van der Waals surface area contributed by atoms with Gasteiger partial charge in [0.15, 0.2) is 6.29 Å². The zero-order valence-corrected chi connectivity index (χ0v) is 15.4. The molecule has 0 aliphatic carbocycles. The van der Waals surface area contributed by atoms with Crippen molar-refractivity contribution in [2.45, 2.75) is 32.5 Å². The summed E-state index contributed by atoms with van der Waals surface area (Å²) in [6.07, 6.45) is 3.91. The van der Waals surface area contributed by atoms with Crippen LogP contribution < -0.4 is 9.47 Å². The Bertz CT molecular complexity index is 683. The van der Waals surface area contributed by atoms with Gasteiger partial charge in [0.1, 0.15) is 17.8 Å². The lowest BCUT2D eigenvalue weighted by Crippen LogP contribution is -2.24. The molecule has 1 saturated heterocycles. The number of hydrogen-bond donors (Lipinski definition) is 0. The predicted octanol–water partition coefficient (Wildman–Crippen LogP) is 5.03. The Hall–Kier alpha value is -2.59. The van der Waals surface area contributed by atoms with Gasteiger partial charge in [0.2, 0.25) is 0 Å². The van der Waals surface area contributed by atoms with Gasteiger partial charge in [-0.2, -0.15) is 0 Å². The monoisotopic (exact) mass is 354 g/mol. The Morgan fingerprint density at radius 3 is 2.00 bits per heavy atom. The summed E-state index contributed by atoms with van der Waals surface area (Å²) >= 11 is 0. The van der Waals surface area contributed by atoms with Gasteiger partial charge in [0.25, 0.3) is 0 Å². The standard InChI is InChI=1S/C18H20O3.C4H6O/c1-19-16-9-5-14(6-10-16)15-7-11-17(12-8-15)21-18-4-2-3-13-20-18;1-4(2)3-5/h5-12,18H,2-4,13H2,1H3;3H,1H2,2H3. The third kappa shape index (κ3) is 6.37. The maximum absolute atomic E-state index is 9.41. The van der Waals surface area contributed by atoms with Gasteiger partial charge in [-0.3, -0.25) is 4.79 Å². The summed E-state index contributed by atoms with van der Waals surface area (Å²) in [5.41, 5.74) is 2.90. The van der Waals surface area contributed by atoms with E-state index in [2.05, 4.69) is 30.8 Å². The Labute approximate surface area is 155 Å². The SMILES string of the molecule is C=C(C)C=O.COc1ccc(-c2ccc(OC3CCCCO3)cc2)cc1. The van der Waals surface area contributed by atoms with Gasteiger partial charge in [-0.05, 0) is 60.7 Å². The van der Waals surface area contributed by atoms with Crippen molar-refractivity contribution in [3.05, 3.63) is 60.7 Å². The Morgan fingerprint density at radius 2 is 1.58 bits per heavy atom. The van der Waals surface area contributed by atoms with Gasteiger partial charge >= 0.3 is 0 Å². The Kier molecular flexibility index (Phi) is 7.90. The van der Waals surface area contributed by atoms with E-state index in [-0.39, 0.29) is 6.29 Å². The maximum atomic E-state index is 9.41. The largest absolute Gasteiger partial charge is 0.497 e. The summed E-state index contributed by atoms with van der Waals surface area (Å²) in [7, 11) is 1.68. The van der Waals surface area contributed by atoms with Crippen molar-refractivity contribution in [1.29, 1.82) is 0 Å². The van der Waals surface area contributed by atoms with Gasteiger partial charge in [-0.1, -0.05) is 30.8 Å². The van der Waals surface area contributed by atoms with Gasteiger partial charge in [-0.15, -0.1) is 0 Å². The first-order valence-corrected chi connectivity index (χ1v) is 8.76. The predicted molar refractivity (Wildman–Crippen MR) is 104 cm³/mol. The number of aldehydes is 1. The van der Waals surface area contributed by atoms with Crippen LogP contribution in [0.25, 0.3) is 11.1 Å². The van der Waals surface area contributed by atoms with E-state index in [9.17, 15) is 4.79 Å². The average molecular weight is 354 g/mol. The molecule has 0 spiro atoms. The van der Waals surface area contributed by atoms with Crippen LogP contribution in [0.3, 0.4) is 0 Å². The fourth-order valence-electron chi connectivity index (χ4n) is 2.47. The summed E-state index contributed by atoms with van der Waals surface area (Å²) in [6, 6.07) is 16.2. The lowest BCUT2D eigenvalue weighted by molar-refractivity contribution is -0.106. The fourth-order valence-corrected chi connectivity index (χ4v) is 2.47. The van der Waals surface area contributed by atoms with Crippen molar-refractivity contribution in [2.24, 2.45) is 0 Å². The molecule has 0 amide bonds. The van der Waals surface area contributed by atoms with Crippen molar-refractivity contribution in [3.63, 3.8) is 0 Å². The molecule has 1 unspecified atom stereocenters. The number of ether oxygens (including phenoxy) is 3. The summed E-state index contributed by atoms with van der Waals surface area (Å²) < 4.78 is 16.6. The zero-order valence-electron chi connectivity index (χ0n) is 15.4. The fraction of sp³-hybridized carbons (Fsp3) is 0.318. The zero-order chi connectivity index (χ0) is 18.8. The second-order valence-corrected chi connectivity index (χ2v) is 6.13. The van der Waals surface area contributed by atoms with Crippen LogP contribution in [0.1, 0.15) is 26.2 Å². The minimum atomic E-state index is -0.0920. The van der Waals surface area contributed by atoms with Crippen LogP contribution in [0, 0.1) is 0 Å². The van der Waals surface area contributed by atoms with Gasteiger partial charge in [-0.25, -0.2) is 0 Å². The van der Waals surface area contributed by atoms with Crippen molar-refractivity contribution in [2.75, 3.05) is 13.7 Å². The van der Waals surface area contributed by atoms with Crippen molar-refractivity contribution in [3.8, 4) is 22.6 Å². The van der Waals surface area contributed by atoms with Crippen molar-refractivity contribution in [1.82, 2.24) is 0 Å². The molecule has 26 heavy (non-hydrogen) atoms. The highest BCUT2D eigenvalue weighted by Gasteiger charge is 2.14. The first-order chi connectivity index (χ1) is 12.6. The molecular weight excluding hydrogens is 328 g/mol. The molecule has 0 bridgehead atoms. The van der Waals surface area contributed by atoms with Crippen LogP contribution in [-0.2, 0) is 9.53 Å². The maximum Gasteiger partial charge on any atom is 0.199 e. The number of allylic oxidation sites excluding steroid dienone is 1. The van der Waals surface area contributed by atoms with Gasteiger partial charge < -0.3 is 14.2 Å². The first-order valence-electron chi connectivity index (χ1n) is 8.76. The molecule has 1 aliphatic heterocycles. The third-order valence-electron chi connectivity index (χ3n) is 3.88. The molecule has 4 heteroatoms. The molecule has 2 aromatic rings. The number of carbonyl (C=O) groups is 1. The lowest BCUT2D eigenvalue weighted by atomic mass is 10.1. The quantitative estimate of drug-likeness (QED) is 0.558. The minimum absolute atomic E-state index is 0.0920. The molecule has 138 valence electrons. The highest BCUT2D eigenvalue weighted by molar-refractivity contribution is 5.70. The van der Waals surface area contributed by atoms with Crippen LogP contribution in [-0.4, -0.2) is 26.3 Å². The molecule has 1 aliphatic rings. The summed E-state index contributed by atoms with van der Waals surface area (Å²) in [4.78, 5) is 9.41. The van der Waals surface area contributed by atoms with E-state index in [1.54, 1.807) is 14.0 Å². The molecule has 3 rings (SSSR count). The Balaban J connectivity index is 0.000000431. The molecule has 0 aromatic heterocycles. The number of methoxy groups -OCH3 is 1. The number of carbonyl (C=O) groups excluding carboxylic acids is 1. The first kappa shape index (κ1) is 19.7. The molecule has 0 saturated carbocycles. The van der Waals surface area contributed by atoms with Crippen LogP contribution >= 0.6 is 0 Å². The topological polar surface area (TPSA) is 44.8 Å². The lowest BCUT2D eigenvalue weighted by Gasteiger charge is -2.23. The van der Waals surface area contributed by atoms with E-state index in [1.807, 2.05) is 24.3 Å². The van der Waals surface area contributed by atoms with E-state index < -0.39 is 0 Å². The molecule has 0 N–H and O–H groups in total. The summed E-state index contributed by atoms with van der Waals surface area (Å²) in [5, 5.41) is 0. The molecule has 1 atom stereocenters. The number of rotatable bonds is 5. The van der Waals surface area contributed by atoms with Gasteiger partial charge in [0, 0.05) is 6.42 Å². The number of benzene rings is 2. The molecule has 2 aromatic carbocycles.